The van der Waals surface area contributed by atoms with Crippen LogP contribution in [0.3, 0.4) is 0 Å². The van der Waals surface area contributed by atoms with Crippen LogP contribution in [0.2, 0.25) is 0 Å². The van der Waals surface area contributed by atoms with Gasteiger partial charge in [0.2, 0.25) is 5.90 Å². The van der Waals surface area contributed by atoms with E-state index in [0.717, 1.165) is 0 Å². The van der Waals surface area contributed by atoms with Gasteiger partial charge in [-0.2, -0.15) is 0 Å². The highest BCUT2D eigenvalue weighted by Crippen LogP contribution is 2.25. The molecule has 0 saturated carbocycles. The molecule has 0 bridgehead atoms. The van der Waals surface area contributed by atoms with E-state index in [9.17, 15) is 10.1 Å². The van der Waals surface area contributed by atoms with Gasteiger partial charge in [-0.15, -0.1) is 0 Å². The summed E-state index contributed by atoms with van der Waals surface area (Å²) in [5.41, 5.74) is 0.745. The molecule has 1 rings (SSSR count). The van der Waals surface area contributed by atoms with Gasteiger partial charge >= 0.3 is 0 Å². The van der Waals surface area contributed by atoms with Crippen molar-refractivity contribution >= 4 is 17.3 Å². The van der Waals surface area contributed by atoms with Crippen molar-refractivity contribution in [3.05, 3.63) is 33.9 Å². The summed E-state index contributed by atoms with van der Waals surface area (Å²) in [5, 5.41) is 21.0. The zero-order chi connectivity index (χ0) is 12.1. The maximum absolute atomic E-state index is 10.8. The second kappa shape index (κ2) is 5.11. The molecule has 0 aliphatic carbocycles. The van der Waals surface area contributed by atoms with E-state index in [2.05, 4.69) is 5.32 Å². The van der Waals surface area contributed by atoms with E-state index in [0.29, 0.717) is 17.9 Å². The molecule has 0 unspecified atom stereocenters. The maximum atomic E-state index is 10.8. The third-order valence-electron chi connectivity index (χ3n) is 2.01. The third kappa shape index (κ3) is 2.47. The van der Waals surface area contributed by atoms with Gasteiger partial charge in [-0.1, -0.05) is 0 Å². The predicted octanol–water partition coefficient (Wildman–Crippen LogP) is 2.00. The fourth-order valence-corrected chi connectivity index (χ4v) is 1.26. The van der Waals surface area contributed by atoms with E-state index in [-0.39, 0.29) is 11.6 Å². The highest BCUT2D eigenvalue weighted by Gasteiger charge is 2.15. The van der Waals surface area contributed by atoms with Crippen molar-refractivity contribution in [2.45, 2.75) is 6.92 Å². The lowest BCUT2D eigenvalue weighted by atomic mass is 10.1. The molecule has 0 aromatic heterocycles. The van der Waals surface area contributed by atoms with Gasteiger partial charge in [0, 0.05) is 18.7 Å². The van der Waals surface area contributed by atoms with Crippen LogP contribution in [0.1, 0.15) is 12.5 Å². The first-order valence-electron chi connectivity index (χ1n) is 4.78. The Labute approximate surface area is 92.9 Å². The summed E-state index contributed by atoms with van der Waals surface area (Å²) in [6, 6.07) is 4.49. The molecule has 0 atom stereocenters. The number of hydrogen-bond acceptors (Lipinski definition) is 5. The number of nitro benzene ring substituents is 1. The Bertz CT molecular complexity index is 418. The van der Waals surface area contributed by atoms with Crippen molar-refractivity contribution in [1.82, 2.24) is 0 Å². The van der Waals surface area contributed by atoms with Crippen LogP contribution in [0.5, 0.6) is 0 Å². The van der Waals surface area contributed by atoms with Gasteiger partial charge in [-0.05, 0) is 19.1 Å². The normalized spacial score (nSPS) is 9.62. The molecule has 0 spiro atoms. The third-order valence-corrected chi connectivity index (χ3v) is 2.01. The minimum atomic E-state index is -0.492. The summed E-state index contributed by atoms with van der Waals surface area (Å²) >= 11 is 0. The topological polar surface area (TPSA) is 88.2 Å². The second-order valence-electron chi connectivity index (χ2n) is 3.00. The average Bonchev–Trinajstić information content (AvgIpc) is 2.28. The molecule has 6 heteroatoms. The van der Waals surface area contributed by atoms with Crippen molar-refractivity contribution in [2.75, 3.05) is 19.0 Å². The Morgan fingerprint density at radius 2 is 2.31 bits per heavy atom. The lowest BCUT2D eigenvalue weighted by molar-refractivity contribution is -0.384. The molecule has 0 aliphatic rings. The number of rotatable bonds is 4. The van der Waals surface area contributed by atoms with Crippen LogP contribution in [-0.4, -0.2) is 24.5 Å². The number of benzene rings is 1. The van der Waals surface area contributed by atoms with Gasteiger partial charge < -0.3 is 10.1 Å². The number of hydrogen-bond donors (Lipinski definition) is 2. The fourth-order valence-electron chi connectivity index (χ4n) is 1.26. The summed E-state index contributed by atoms with van der Waals surface area (Å²) in [7, 11) is 1.61. The SMILES string of the molecule is CCOC(=N)c1ccc(NC)c([N+](=O)[O-])c1. The largest absolute Gasteiger partial charge is 0.478 e. The van der Waals surface area contributed by atoms with E-state index in [1.807, 2.05) is 0 Å². The lowest BCUT2D eigenvalue weighted by Crippen LogP contribution is -2.06. The molecular formula is C10H13N3O3. The summed E-state index contributed by atoms with van der Waals surface area (Å²) in [4.78, 5) is 10.3. The Morgan fingerprint density at radius 1 is 1.62 bits per heavy atom. The van der Waals surface area contributed by atoms with Crippen LogP contribution in [0.4, 0.5) is 11.4 Å². The molecular weight excluding hydrogens is 210 g/mol. The highest BCUT2D eigenvalue weighted by molar-refractivity contribution is 5.93. The van der Waals surface area contributed by atoms with E-state index < -0.39 is 4.92 Å². The van der Waals surface area contributed by atoms with Crippen LogP contribution in [0.15, 0.2) is 18.2 Å². The summed E-state index contributed by atoms with van der Waals surface area (Å²) < 4.78 is 4.98. The highest BCUT2D eigenvalue weighted by atomic mass is 16.6. The molecule has 0 saturated heterocycles. The first kappa shape index (κ1) is 12.0. The van der Waals surface area contributed by atoms with Crippen LogP contribution >= 0.6 is 0 Å². The molecule has 1 aromatic carbocycles. The molecule has 16 heavy (non-hydrogen) atoms. The van der Waals surface area contributed by atoms with Crippen LogP contribution in [-0.2, 0) is 4.74 Å². The van der Waals surface area contributed by atoms with Gasteiger partial charge in [0.15, 0.2) is 0 Å². The first-order chi connectivity index (χ1) is 7.60. The summed E-state index contributed by atoms with van der Waals surface area (Å²) in [6.07, 6.45) is 0. The summed E-state index contributed by atoms with van der Waals surface area (Å²) in [6.45, 7) is 2.12. The zero-order valence-corrected chi connectivity index (χ0v) is 9.11. The van der Waals surface area contributed by atoms with Crippen LogP contribution in [0.25, 0.3) is 0 Å². The molecule has 86 valence electrons. The molecule has 0 amide bonds. The van der Waals surface area contributed by atoms with Gasteiger partial charge in [0.25, 0.3) is 5.69 Å². The van der Waals surface area contributed by atoms with Gasteiger partial charge in [-0.3, -0.25) is 15.5 Å². The predicted molar refractivity (Wildman–Crippen MR) is 61.1 cm³/mol. The molecule has 6 nitrogen and oxygen atoms in total. The molecule has 1 aromatic rings. The van der Waals surface area contributed by atoms with Crippen molar-refractivity contribution in [3.8, 4) is 0 Å². The number of anilines is 1. The Hall–Kier alpha value is -2.11. The van der Waals surface area contributed by atoms with E-state index >= 15 is 0 Å². The minimum Gasteiger partial charge on any atom is -0.478 e. The molecule has 0 aliphatic heterocycles. The van der Waals surface area contributed by atoms with Crippen molar-refractivity contribution < 1.29 is 9.66 Å². The van der Waals surface area contributed by atoms with Crippen molar-refractivity contribution in [1.29, 1.82) is 5.41 Å². The molecule has 0 heterocycles. The minimum absolute atomic E-state index is 0.0618. The quantitative estimate of drug-likeness (QED) is 0.353. The number of nitrogens with zero attached hydrogens (tertiary/aromatic N) is 1. The number of nitro groups is 1. The molecule has 0 fully saturated rings. The first-order valence-corrected chi connectivity index (χ1v) is 4.78. The molecule has 2 N–H and O–H groups in total. The van der Waals surface area contributed by atoms with Crippen LogP contribution in [0, 0.1) is 15.5 Å². The number of nitrogens with one attached hydrogen (secondary N) is 2. The monoisotopic (exact) mass is 223 g/mol. The van der Waals surface area contributed by atoms with Crippen molar-refractivity contribution in [2.24, 2.45) is 0 Å². The standard InChI is InChI=1S/C10H13N3O3/c1-3-16-10(11)7-4-5-8(12-2)9(6-7)13(14)15/h4-6,11-12H,3H2,1-2H3. The second-order valence-corrected chi connectivity index (χ2v) is 3.00. The Balaban J connectivity index is 3.11. The van der Waals surface area contributed by atoms with E-state index in [4.69, 9.17) is 10.1 Å². The van der Waals surface area contributed by atoms with E-state index in [1.54, 1.807) is 26.1 Å². The van der Waals surface area contributed by atoms with E-state index in [1.165, 1.54) is 6.07 Å². The summed E-state index contributed by atoms with van der Waals surface area (Å²) in [5.74, 6) is -0.0618. The lowest BCUT2D eigenvalue weighted by Gasteiger charge is -2.06. The van der Waals surface area contributed by atoms with Gasteiger partial charge in [-0.25, -0.2) is 0 Å². The smallest absolute Gasteiger partial charge is 0.293 e. The Morgan fingerprint density at radius 3 is 2.81 bits per heavy atom. The zero-order valence-electron chi connectivity index (χ0n) is 9.11. The van der Waals surface area contributed by atoms with Gasteiger partial charge in [0.1, 0.15) is 5.69 Å². The van der Waals surface area contributed by atoms with Crippen LogP contribution < -0.4 is 5.32 Å². The van der Waals surface area contributed by atoms with Gasteiger partial charge in [0.05, 0.1) is 11.5 Å². The molecule has 0 radical (unpaired) electrons. The van der Waals surface area contributed by atoms with Crippen molar-refractivity contribution in [3.63, 3.8) is 0 Å². The maximum Gasteiger partial charge on any atom is 0.293 e. The number of ether oxygens (including phenoxy) is 1. The fraction of sp³-hybridized carbons (Fsp3) is 0.300. The average molecular weight is 223 g/mol. The Kier molecular flexibility index (Phi) is 3.82.